The van der Waals surface area contributed by atoms with Crippen LogP contribution in [0.3, 0.4) is 0 Å². The third-order valence-electron chi connectivity index (χ3n) is 2.98. The lowest BCUT2D eigenvalue weighted by Gasteiger charge is -2.20. The SMILES string of the molecule is C[C@H](O)c1ccnc(N(C)c2ccccc2C#N)c1. The number of nitrogens with zero attached hydrogens (tertiary/aromatic N) is 3. The molecule has 0 unspecified atom stereocenters. The average Bonchev–Trinajstić information content (AvgIpc) is 2.46. The number of benzene rings is 1. The molecule has 0 radical (unpaired) electrons. The van der Waals surface area contributed by atoms with E-state index in [1.54, 1.807) is 25.3 Å². The number of pyridine rings is 1. The summed E-state index contributed by atoms with van der Waals surface area (Å²) in [5, 5.41) is 18.7. The molecule has 0 spiro atoms. The van der Waals surface area contributed by atoms with Crippen LogP contribution in [-0.4, -0.2) is 17.1 Å². The molecule has 19 heavy (non-hydrogen) atoms. The van der Waals surface area contributed by atoms with Gasteiger partial charge in [-0.1, -0.05) is 12.1 Å². The van der Waals surface area contributed by atoms with Crippen LogP contribution in [0.4, 0.5) is 11.5 Å². The highest BCUT2D eigenvalue weighted by Crippen LogP contribution is 2.26. The zero-order valence-electron chi connectivity index (χ0n) is 10.9. The van der Waals surface area contributed by atoms with E-state index in [1.165, 1.54) is 0 Å². The van der Waals surface area contributed by atoms with E-state index in [9.17, 15) is 5.11 Å². The molecule has 0 aliphatic carbocycles. The Balaban J connectivity index is 2.42. The van der Waals surface area contributed by atoms with Crippen LogP contribution in [-0.2, 0) is 0 Å². The molecule has 0 amide bonds. The minimum atomic E-state index is -0.540. The Morgan fingerprint density at radius 1 is 1.32 bits per heavy atom. The number of anilines is 2. The maximum atomic E-state index is 9.60. The Hall–Kier alpha value is -2.38. The molecule has 0 aliphatic rings. The Morgan fingerprint density at radius 3 is 2.74 bits per heavy atom. The lowest BCUT2D eigenvalue weighted by Crippen LogP contribution is -2.13. The van der Waals surface area contributed by atoms with Crippen molar-refractivity contribution < 1.29 is 5.11 Å². The van der Waals surface area contributed by atoms with Crippen molar-refractivity contribution in [3.63, 3.8) is 0 Å². The molecule has 1 N–H and O–H groups in total. The van der Waals surface area contributed by atoms with Gasteiger partial charge in [-0.2, -0.15) is 5.26 Å². The summed E-state index contributed by atoms with van der Waals surface area (Å²) in [5.74, 6) is 0.695. The molecule has 2 rings (SSSR count). The van der Waals surface area contributed by atoms with Gasteiger partial charge in [0.2, 0.25) is 0 Å². The first kappa shape index (κ1) is 13.1. The lowest BCUT2D eigenvalue weighted by atomic mass is 10.1. The van der Waals surface area contributed by atoms with Gasteiger partial charge in [-0.05, 0) is 36.8 Å². The molecular formula is C15H15N3O. The number of nitriles is 1. The summed E-state index contributed by atoms with van der Waals surface area (Å²) >= 11 is 0. The van der Waals surface area contributed by atoms with Crippen molar-refractivity contribution in [2.75, 3.05) is 11.9 Å². The highest BCUT2D eigenvalue weighted by atomic mass is 16.3. The third-order valence-corrected chi connectivity index (χ3v) is 2.98. The first-order valence-corrected chi connectivity index (χ1v) is 6.00. The second-order valence-corrected chi connectivity index (χ2v) is 4.31. The summed E-state index contributed by atoms with van der Waals surface area (Å²) in [5.41, 5.74) is 2.18. The minimum absolute atomic E-state index is 0.540. The zero-order chi connectivity index (χ0) is 13.8. The van der Waals surface area contributed by atoms with Crippen molar-refractivity contribution >= 4 is 11.5 Å². The maximum absolute atomic E-state index is 9.60. The summed E-state index contributed by atoms with van der Waals surface area (Å²) in [6.07, 6.45) is 1.12. The molecule has 4 nitrogen and oxygen atoms in total. The molecule has 1 aromatic heterocycles. The number of rotatable bonds is 3. The van der Waals surface area contributed by atoms with E-state index in [2.05, 4.69) is 11.1 Å². The first-order chi connectivity index (χ1) is 9.13. The fraction of sp³-hybridized carbons (Fsp3) is 0.200. The molecule has 1 atom stereocenters. The minimum Gasteiger partial charge on any atom is -0.389 e. The quantitative estimate of drug-likeness (QED) is 0.913. The Morgan fingerprint density at radius 2 is 2.05 bits per heavy atom. The van der Waals surface area contributed by atoms with Crippen LogP contribution in [0, 0.1) is 11.3 Å². The highest BCUT2D eigenvalue weighted by Gasteiger charge is 2.11. The topological polar surface area (TPSA) is 60.2 Å². The molecule has 0 bridgehead atoms. The van der Waals surface area contributed by atoms with Crippen molar-refractivity contribution in [1.82, 2.24) is 4.98 Å². The number of para-hydroxylation sites is 1. The van der Waals surface area contributed by atoms with Crippen molar-refractivity contribution in [2.24, 2.45) is 0 Å². The van der Waals surface area contributed by atoms with Gasteiger partial charge in [0.25, 0.3) is 0 Å². The third kappa shape index (κ3) is 2.72. The highest BCUT2D eigenvalue weighted by molar-refractivity contribution is 5.66. The molecule has 0 saturated heterocycles. The zero-order valence-corrected chi connectivity index (χ0v) is 10.9. The van der Waals surface area contributed by atoms with Crippen LogP contribution in [0.25, 0.3) is 0 Å². The summed E-state index contributed by atoms with van der Waals surface area (Å²) in [7, 11) is 1.85. The van der Waals surface area contributed by atoms with Crippen LogP contribution in [0.1, 0.15) is 24.2 Å². The largest absolute Gasteiger partial charge is 0.389 e. The number of aromatic nitrogens is 1. The second-order valence-electron chi connectivity index (χ2n) is 4.31. The summed E-state index contributed by atoms with van der Waals surface area (Å²) < 4.78 is 0. The molecule has 1 heterocycles. The average molecular weight is 253 g/mol. The molecule has 0 fully saturated rings. The normalized spacial score (nSPS) is 11.7. The van der Waals surface area contributed by atoms with E-state index in [1.807, 2.05) is 36.2 Å². The van der Waals surface area contributed by atoms with Gasteiger partial charge in [0.15, 0.2) is 0 Å². The predicted octanol–water partition coefficient (Wildman–Crippen LogP) is 2.77. The summed E-state index contributed by atoms with van der Waals surface area (Å²) in [4.78, 5) is 6.12. The van der Waals surface area contributed by atoms with Crippen LogP contribution < -0.4 is 4.90 Å². The predicted molar refractivity (Wildman–Crippen MR) is 74.1 cm³/mol. The molecule has 0 saturated carbocycles. The fourth-order valence-electron chi connectivity index (χ4n) is 1.86. The fourth-order valence-corrected chi connectivity index (χ4v) is 1.86. The standard InChI is InChI=1S/C15H15N3O/c1-11(19)12-7-8-17-15(9-12)18(2)14-6-4-3-5-13(14)10-16/h3-9,11,19H,1-2H3/t11-/m0/s1. The van der Waals surface area contributed by atoms with E-state index < -0.39 is 6.10 Å². The molecule has 1 aromatic carbocycles. The van der Waals surface area contributed by atoms with Gasteiger partial charge in [0.1, 0.15) is 11.9 Å². The maximum Gasteiger partial charge on any atom is 0.133 e. The van der Waals surface area contributed by atoms with Crippen LogP contribution in [0.5, 0.6) is 0 Å². The Labute approximate surface area is 112 Å². The van der Waals surface area contributed by atoms with Crippen molar-refractivity contribution in [3.8, 4) is 6.07 Å². The lowest BCUT2D eigenvalue weighted by molar-refractivity contribution is 0.199. The Bertz CT molecular complexity index is 617. The van der Waals surface area contributed by atoms with Gasteiger partial charge in [-0.3, -0.25) is 0 Å². The Kier molecular flexibility index (Phi) is 3.79. The molecule has 96 valence electrons. The smallest absolute Gasteiger partial charge is 0.133 e. The summed E-state index contributed by atoms with van der Waals surface area (Å²) in [6, 6.07) is 13.1. The van der Waals surface area contributed by atoms with Crippen LogP contribution in [0.15, 0.2) is 42.6 Å². The number of aliphatic hydroxyl groups is 1. The van der Waals surface area contributed by atoms with E-state index in [0.29, 0.717) is 11.4 Å². The summed E-state index contributed by atoms with van der Waals surface area (Å²) in [6.45, 7) is 1.71. The molecule has 4 heteroatoms. The monoisotopic (exact) mass is 253 g/mol. The second kappa shape index (κ2) is 5.51. The molecule has 0 aliphatic heterocycles. The van der Waals surface area contributed by atoms with Gasteiger partial charge >= 0.3 is 0 Å². The first-order valence-electron chi connectivity index (χ1n) is 6.00. The van der Waals surface area contributed by atoms with Crippen LogP contribution in [0.2, 0.25) is 0 Å². The number of hydrogen-bond donors (Lipinski definition) is 1. The van der Waals surface area contributed by atoms with Gasteiger partial charge in [0, 0.05) is 13.2 Å². The van der Waals surface area contributed by atoms with Gasteiger partial charge in [-0.15, -0.1) is 0 Å². The van der Waals surface area contributed by atoms with Gasteiger partial charge < -0.3 is 10.0 Å². The van der Waals surface area contributed by atoms with Gasteiger partial charge in [-0.25, -0.2) is 4.98 Å². The molecular weight excluding hydrogens is 238 g/mol. The van der Waals surface area contributed by atoms with Crippen molar-refractivity contribution in [1.29, 1.82) is 5.26 Å². The van der Waals surface area contributed by atoms with E-state index >= 15 is 0 Å². The number of hydrogen-bond acceptors (Lipinski definition) is 4. The van der Waals surface area contributed by atoms with Crippen molar-refractivity contribution in [2.45, 2.75) is 13.0 Å². The van der Waals surface area contributed by atoms with E-state index in [0.717, 1.165) is 11.3 Å². The van der Waals surface area contributed by atoms with Crippen molar-refractivity contribution in [3.05, 3.63) is 53.7 Å². The van der Waals surface area contributed by atoms with Gasteiger partial charge in [0.05, 0.1) is 17.4 Å². The van der Waals surface area contributed by atoms with E-state index in [4.69, 9.17) is 5.26 Å². The molecule has 2 aromatic rings. The van der Waals surface area contributed by atoms with Crippen LogP contribution >= 0.6 is 0 Å². The van der Waals surface area contributed by atoms with E-state index in [-0.39, 0.29) is 0 Å². The number of aliphatic hydroxyl groups excluding tert-OH is 1.